The van der Waals surface area contributed by atoms with E-state index in [9.17, 15) is 15.8 Å². The molecule has 1 aromatic rings. The van der Waals surface area contributed by atoms with E-state index in [0.29, 0.717) is 18.4 Å². The summed E-state index contributed by atoms with van der Waals surface area (Å²) in [5.41, 5.74) is -2.97. The van der Waals surface area contributed by atoms with Crippen molar-refractivity contribution in [3.63, 3.8) is 0 Å². The van der Waals surface area contributed by atoms with E-state index < -0.39 is 28.6 Å². The summed E-state index contributed by atoms with van der Waals surface area (Å²) in [4.78, 5) is 0. The van der Waals surface area contributed by atoms with Gasteiger partial charge in [0.15, 0.2) is 5.41 Å². The van der Waals surface area contributed by atoms with Gasteiger partial charge in [0.05, 0.1) is 24.1 Å². The molecule has 2 aliphatic heterocycles. The highest BCUT2D eigenvalue weighted by Gasteiger charge is 2.81. The minimum Gasteiger partial charge on any atom is -0.447 e. The van der Waals surface area contributed by atoms with Crippen LogP contribution in [0.1, 0.15) is 51.7 Å². The van der Waals surface area contributed by atoms with Crippen molar-refractivity contribution in [1.29, 1.82) is 21.2 Å². The standard InChI is InChI=1S/C23H23BrN4O2/c1-20(2,3)15-8-9-23-17(10-15)22(13-27,19(28)30-23)21(11-25,12-26)18(29-23)14-4-6-16(24)7-5-14/h4-7,15,17-18,28H,8-10H2,1-3H3. The molecule has 2 saturated heterocycles. The van der Waals surface area contributed by atoms with Crippen molar-refractivity contribution in [1.82, 2.24) is 0 Å². The summed E-state index contributed by atoms with van der Waals surface area (Å²) >= 11 is 3.40. The average Bonchev–Trinajstić information content (AvgIpc) is 2.92. The van der Waals surface area contributed by atoms with Crippen molar-refractivity contribution in [2.45, 2.75) is 51.9 Å². The van der Waals surface area contributed by atoms with Crippen molar-refractivity contribution < 1.29 is 9.47 Å². The molecule has 1 aliphatic carbocycles. The van der Waals surface area contributed by atoms with Crippen LogP contribution in [0.2, 0.25) is 0 Å². The van der Waals surface area contributed by atoms with Crippen molar-refractivity contribution in [2.24, 2.45) is 28.1 Å². The Balaban J connectivity index is 1.94. The number of hydrogen-bond acceptors (Lipinski definition) is 6. The van der Waals surface area contributed by atoms with Crippen molar-refractivity contribution >= 4 is 21.8 Å². The molecule has 6 nitrogen and oxygen atoms in total. The number of ether oxygens (including phenoxy) is 2. The minimum absolute atomic E-state index is 0.00954. The van der Waals surface area contributed by atoms with Crippen LogP contribution in [-0.2, 0) is 9.47 Å². The average molecular weight is 467 g/mol. The Labute approximate surface area is 185 Å². The van der Waals surface area contributed by atoms with E-state index in [2.05, 4.69) is 54.9 Å². The van der Waals surface area contributed by atoms with E-state index >= 15 is 0 Å². The Morgan fingerprint density at radius 1 is 1.10 bits per heavy atom. The van der Waals surface area contributed by atoms with Crippen molar-refractivity contribution in [2.75, 3.05) is 0 Å². The van der Waals surface area contributed by atoms with E-state index in [1.54, 1.807) is 12.1 Å². The molecular formula is C23H23BrN4O2. The van der Waals surface area contributed by atoms with Crippen molar-refractivity contribution in [3.05, 3.63) is 34.3 Å². The molecule has 3 fully saturated rings. The molecule has 4 rings (SSSR count). The summed E-state index contributed by atoms with van der Waals surface area (Å²) in [5, 5.41) is 39.7. The summed E-state index contributed by atoms with van der Waals surface area (Å²) in [6.07, 6.45) is 0.919. The van der Waals surface area contributed by atoms with Crippen LogP contribution in [0, 0.1) is 67.5 Å². The van der Waals surface area contributed by atoms with E-state index in [0.717, 1.165) is 10.9 Å². The number of halogens is 1. The van der Waals surface area contributed by atoms with Gasteiger partial charge in [-0.05, 0) is 41.9 Å². The van der Waals surface area contributed by atoms with Gasteiger partial charge in [-0.15, -0.1) is 0 Å². The zero-order chi connectivity index (χ0) is 21.9. The maximum absolute atomic E-state index is 10.4. The lowest BCUT2D eigenvalue weighted by atomic mass is 9.49. The van der Waals surface area contributed by atoms with Crippen LogP contribution in [-0.4, -0.2) is 11.7 Å². The Morgan fingerprint density at radius 3 is 2.27 bits per heavy atom. The highest BCUT2D eigenvalue weighted by Crippen LogP contribution is 2.70. The van der Waals surface area contributed by atoms with Gasteiger partial charge in [-0.2, -0.15) is 15.8 Å². The Hall–Kier alpha value is -2.40. The third kappa shape index (κ3) is 2.45. The zero-order valence-corrected chi connectivity index (χ0v) is 18.8. The maximum atomic E-state index is 10.4. The first-order chi connectivity index (χ1) is 14.1. The molecule has 5 unspecified atom stereocenters. The maximum Gasteiger partial charge on any atom is 0.217 e. The zero-order valence-electron chi connectivity index (χ0n) is 17.2. The molecule has 0 spiro atoms. The van der Waals surface area contributed by atoms with E-state index in [-0.39, 0.29) is 17.2 Å². The molecule has 154 valence electrons. The van der Waals surface area contributed by atoms with Crippen LogP contribution in [0.5, 0.6) is 0 Å². The number of hydrogen-bond donors (Lipinski definition) is 1. The second kappa shape index (κ2) is 6.55. The fourth-order valence-corrected chi connectivity index (χ4v) is 5.83. The first-order valence-corrected chi connectivity index (χ1v) is 10.8. The second-order valence-electron chi connectivity index (χ2n) is 9.63. The first-order valence-electron chi connectivity index (χ1n) is 10.1. The fourth-order valence-electron chi connectivity index (χ4n) is 5.56. The van der Waals surface area contributed by atoms with Gasteiger partial charge >= 0.3 is 0 Å². The molecule has 2 bridgehead atoms. The molecular weight excluding hydrogens is 444 g/mol. The first kappa shape index (κ1) is 20.9. The van der Waals surface area contributed by atoms with Gasteiger partial charge in [0.2, 0.25) is 17.1 Å². The smallest absolute Gasteiger partial charge is 0.217 e. The number of nitrogens with one attached hydrogen (secondary N) is 1. The largest absolute Gasteiger partial charge is 0.447 e. The Morgan fingerprint density at radius 2 is 1.73 bits per heavy atom. The van der Waals surface area contributed by atoms with Gasteiger partial charge in [-0.25, -0.2) is 0 Å². The summed E-state index contributed by atoms with van der Waals surface area (Å²) in [6, 6.07) is 13.7. The molecule has 7 heteroatoms. The summed E-state index contributed by atoms with van der Waals surface area (Å²) in [6.45, 7) is 6.46. The number of rotatable bonds is 1. The molecule has 0 amide bonds. The summed E-state index contributed by atoms with van der Waals surface area (Å²) < 4.78 is 13.3. The van der Waals surface area contributed by atoms with Crippen LogP contribution in [0.3, 0.4) is 0 Å². The molecule has 1 saturated carbocycles. The third-order valence-corrected chi connectivity index (χ3v) is 7.84. The van der Waals surface area contributed by atoms with Crippen LogP contribution in [0.25, 0.3) is 0 Å². The van der Waals surface area contributed by atoms with Gasteiger partial charge in [0.1, 0.15) is 6.10 Å². The van der Waals surface area contributed by atoms with E-state index in [4.69, 9.17) is 14.9 Å². The molecule has 0 radical (unpaired) electrons. The second-order valence-corrected chi connectivity index (χ2v) is 10.5. The Kier molecular flexibility index (Phi) is 4.55. The molecule has 1 aromatic carbocycles. The van der Waals surface area contributed by atoms with Crippen LogP contribution < -0.4 is 0 Å². The minimum atomic E-state index is -1.89. The van der Waals surface area contributed by atoms with Gasteiger partial charge < -0.3 is 9.47 Å². The Bertz CT molecular complexity index is 1010. The highest BCUT2D eigenvalue weighted by molar-refractivity contribution is 9.10. The quantitative estimate of drug-likeness (QED) is 0.608. The lowest BCUT2D eigenvalue weighted by Crippen LogP contribution is -2.61. The summed E-state index contributed by atoms with van der Waals surface area (Å²) in [7, 11) is 0. The van der Waals surface area contributed by atoms with Gasteiger partial charge in [-0.1, -0.05) is 48.8 Å². The topological polar surface area (TPSA) is 114 Å². The summed E-state index contributed by atoms with van der Waals surface area (Å²) in [5.74, 6) is -1.76. The normalized spacial score (nSPS) is 36.6. The van der Waals surface area contributed by atoms with Crippen LogP contribution >= 0.6 is 15.9 Å². The lowest BCUT2D eigenvalue weighted by Gasteiger charge is -2.54. The monoisotopic (exact) mass is 466 g/mol. The van der Waals surface area contributed by atoms with Crippen LogP contribution in [0.15, 0.2) is 28.7 Å². The third-order valence-electron chi connectivity index (χ3n) is 7.31. The molecule has 1 N–H and O–H groups in total. The van der Waals surface area contributed by atoms with Gasteiger partial charge in [0.25, 0.3) is 0 Å². The lowest BCUT2D eigenvalue weighted by molar-refractivity contribution is -0.301. The van der Waals surface area contributed by atoms with Crippen molar-refractivity contribution in [3.8, 4) is 18.2 Å². The molecule has 30 heavy (non-hydrogen) atoms. The predicted octanol–water partition coefficient (Wildman–Crippen LogP) is 5.23. The molecule has 2 heterocycles. The van der Waals surface area contributed by atoms with Gasteiger partial charge in [-0.3, -0.25) is 5.41 Å². The number of nitriles is 3. The van der Waals surface area contributed by atoms with Gasteiger partial charge in [0, 0.05) is 10.9 Å². The predicted molar refractivity (Wildman–Crippen MR) is 112 cm³/mol. The van der Waals surface area contributed by atoms with Crippen LogP contribution in [0.4, 0.5) is 0 Å². The molecule has 5 atom stereocenters. The molecule has 3 aliphatic rings. The fraction of sp³-hybridized carbons (Fsp3) is 0.565. The number of benzene rings is 1. The number of nitrogens with zero attached hydrogens (tertiary/aromatic N) is 3. The van der Waals surface area contributed by atoms with E-state index in [1.165, 1.54) is 0 Å². The van der Waals surface area contributed by atoms with E-state index in [1.807, 2.05) is 12.1 Å². The highest BCUT2D eigenvalue weighted by atomic mass is 79.9. The molecule has 0 aromatic heterocycles. The SMILES string of the molecule is CC(C)(C)C1CCC23OC(=N)C(C#N)(C2C1)C(C#N)(C#N)C(c1ccc(Br)cc1)O3.